The van der Waals surface area contributed by atoms with Gasteiger partial charge in [0.1, 0.15) is 11.5 Å². The summed E-state index contributed by atoms with van der Waals surface area (Å²) < 4.78 is 0. The van der Waals surface area contributed by atoms with Crippen molar-refractivity contribution in [3.63, 3.8) is 0 Å². The fourth-order valence-corrected chi connectivity index (χ4v) is 2.04. The largest absolute Gasteiger partial charge is 0.508 e. The van der Waals surface area contributed by atoms with Gasteiger partial charge in [0.15, 0.2) is 0 Å². The molecule has 0 aliphatic carbocycles. The molecule has 0 radical (unpaired) electrons. The highest BCUT2D eigenvalue weighted by atomic mass is 16.3. The van der Waals surface area contributed by atoms with Crippen LogP contribution < -0.4 is 0 Å². The fraction of sp³-hybridized carbons (Fsp3) is 0.600. The zero-order valence-electron chi connectivity index (χ0n) is 11.0. The SMILES string of the molecule is CCCCCc1ccc(O)c(CCCC)c1O. The molecule has 0 aliphatic heterocycles. The van der Waals surface area contributed by atoms with E-state index in [9.17, 15) is 10.2 Å². The molecule has 2 nitrogen and oxygen atoms in total. The summed E-state index contributed by atoms with van der Waals surface area (Å²) in [5.41, 5.74) is 1.70. The molecule has 0 unspecified atom stereocenters. The average molecular weight is 236 g/mol. The lowest BCUT2D eigenvalue weighted by atomic mass is 9.99. The molecule has 0 spiro atoms. The minimum Gasteiger partial charge on any atom is -0.508 e. The van der Waals surface area contributed by atoms with Crippen molar-refractivity contribution in [1.29, 1.82) is 0 Å². The zero-order chi connectivity index (χ0) is 12.7. The maximum absolute atomic E-state index is 10.1. The van der Waals surface area contributed by atoms with Crippen LogP contribution in [-0.2, 0) is 12.8 Å². The molecule has 2 heteroatoms. The highest BCUT2D eigenvalue weighted by Gasteiger charge is 2.11. The predicted molar refractivity (Wildman–Crippen MR) is 71.6 cm³/mol. The first-order chi connectivity index (χ1) is 8.20. The summed E-state index contributed by atoms with van der Waals surface area (Å²) in [7, 11) is 0. The number of benzene rings is 1. The Morgan fingerprint density at radius 1 is 0.882 bits per heavy atom. The molecule has 1 rings (SSSR count). The van der Waals surface area contributed by atoms with Gasteiger partial charge in [-0.2, -0.15) is 0 Å². The Kier molecular flexibility index (Phi) is 5.88. The van der Waals surface area contributed by atoms with Gasteiger partial charge in [0.2, 0.25) is 0 Å². The number of phenols is 2. The second-order valence-electron chi connectivity index (χ2n) is 4.63. The van der Waals surface area contributed by atoms with Gasteiger partial charge in [-0.3, -0.25) is 0 Å². The van der Waals surface area contributed by atoms with Crippen LogP contribution in [0.2, 0.25) is 0 Å². The summed E-state index contributed by atoms with van der Waals surface area (Å²) in [6, 6.07) is 3.56. The topological polar surface area (TPSA) is 40.5 Å². The van der Waals surface area contributed by atoms with Gasteiger partial charge in [0.05, 0.1) is 0 Å². The lowest BCUT2D eigenvalue weighted by molar-refractivity contribution is 0.431. The molecule has 0 fully saturated rings. The number of rotatable bonds is 7. The molecule has 0 aromatic heterocycles. The highest BCUT2D eigenvalue weighted by molar-refractivity contribution is 5.48. The quantitative estimate of drug-likeness (QED) is 0.697. The summed E-state index contributed by atoms with van der Waals surface area (Å²) in [5, 5.41) is 19.9. The van der Waals surface area contributed by atoms with Crippen molar-refractivity contribution in [3.05, 3.63) is 23.3 Å². The van der Waals surface area contributed by atoms with E-state index in [1.165, 1.54) is 12.8 Å². The Hall–Kier alpha value is -1.18. The van der Waals surface area contributed by atoms with Gasteiger partial charge in [0, 0.05) is 5.56 Å². The van der Waals surface area contributed by atoms with E-state index >= 15 is 0 Å². The first kappa shape index (κ1) is 13.9. The number of unbranched alkanes of at least 4 members (excludes halogenated alkanes) is 3. The predicted octanol–water partition coefficient (Wildman–Crippen LogP) is 4.17. The maximum atomic E-state index is 10.1. The third-order valence-corrected chi connectivity index (χ3v) is 3.17. The minimum absolute atomic E-state index is 0.232. The van der Waals surface area contributed by atoms with E-state index in [0.29, 0.717) is 5.75 Å². The average Bonchev–Trinajstić information content (AvgIpc) is 2.32. The van der Waals surface area contributed by atoms with Crippen LogP contribution in [0.25, 0.3) is 0 Å². The Morgan fingerprint density at radius 2 is 1.59 bits per heavy atom. The van der Waals surface area contributed by atoms with Crippen molar-refractivity contribution in [2.45, 2.75) is 58.8 Å². The van der Waals surface area contributed by atoms with E-state index in [1.807, 2.05) is 6.07 Å². The van der Waals surface area contributed by atoms with Crippen LogP contribution in [0.1, 0.15) is 57.1 Å². The number of hydrogen-bond donors (Lipinski definition) is 2. The minimum atomic E-state index is 0.232. The summed E-state index contributed by atoms with van der Waals surface area (Å²) in [5.74, 6) is 0.546. The molecule has 1 aromatic rings. The second kappa shape index (κ2) is 7.21. The van der Waals surface area contributed by atoms with Gasteiger partial charge in [-0.1, -0.05) is 39.2 Å². The van der Waals surface area contributed by atoms with Crippen LogP contribution in [0, 0.1) is 0 Å². The lowest BCUT2D eigenvalue weighted by Gasteiger charge is -2.11. The van der Waals surface area contributed by atoms with Crippen molar-refractivity contribution in [2.75, 3.05) is 0 Å². The maximum Gasteiger partial charge on any atom is 0.125 e. The standard InChI is InChI=1S/C15H24O2/c1-3-5-7-8-12-10-11-14(16)13(15(12)17)9-6-4-2/h10-11,16-17H,3-9H2,1-2H3. The van der Waals surface area contributed by atoms with Crippen molar-refractivity contribution >= 4 is 0 Å². The van der Waals surface area contributed by atoms with Gasteiger partial charge in [-0.25, -0.2) is 0 Å². The van der Waals surface area contributed by atoms with Crippen LogP contribution in [0.4, 0.5) is 0 Å². The van der Waals surface area contributed by atoms with E-state index in [0.717, 1.165) is 43.2 Å². The lowest BCUT2D eigenvalue weighted by Crippen LogP contribution is -1.93. The second-order valence-corrected chi connectivity index (χ2v) is 4.63. The molecule has 0 heterocycles. The van der Waals surface area contributed by atoms with Gasteiger partial charge in [-0.05, 0) is 37.3 Å². The van der Waals surface area contributed by atoms with Crippen LogP contribution >= 0.6 is 0 Å². The van der Waals surface area contributed by atoms with Gasteiger partial charge < -0.3 is 10.2 Å². The van der Waals surface area contributed by atoms with Crippen LogP contribution in [0.5, 0.6) is 11.5 Å². The number of aryl methyl sites for hydroxylation is 1. The number of hydrogen-bond acceptors (Lipinski definition) is 2. The Balaban J connectivity index is 2.78. The summed E-state index contributed by atoms with van der Waals surface area (Å²) in [6.07, 6.45) is 7.20. The first-order valence-corrected chi connectivity index (χ1v) is 6.73. The molecule has 0 saturated carbocycles. The van der Waals surface area contributed by atoms with Crippen molar-refractivity contribution < 1.29 is 10.2 Å². The van der Waals surface area contributed by atoms with Gasteiger partial charge >= 0.3 is 0 Å². The van der Waals surface area contributed by atoms with Gasteiger partial charge in [0.25, 0.3) is 0 Å². The third-order valence-electron chi connectivity index (χ3n) is 3.17. The van der Waals surface area contributed by atoms with E-state index in [1.54, 1.807) is 6.07 Å². The third kappa shape index (κ3) is 3.95. The van der Waals surface area contributed by atoms with Crippen LogP contribution in [0.15, 0.2) is 12.1 Å². The molecule has 96 valence electrons. The summed E-state index contributed by atoms with van der Waals surface area (Å²) >= 11 is 0. The van der Waals surface area contributed by atoms with E-state index < -0.39 is 0 Å². The number of aromatic hydroxyl groups is 2. The van der Waals surface area contributed by atoms with E-state index in [4.69, 9.17) is 0 Å². The molecule has 2 N–H and O–H groups in total. The molecule has 0 atom stereocenters. The van der Waals surface area contributed by atoms with Crippen LogP contribution in [-0.4, -0.2) is 10.2 Å². The Bertz CT molecular complexity index is 345. The molecule has 0 aliphatic rings. The van der Waals surface area contributed by atoms with E-state index in [2.05, 4.69) is 13.8 Å². The zero-order valence-corrected chi connectivity index (χ0v) is 11.0. The van der Waals surface area contributed by atoms with Gasteiger partial charge in [-0.15, -0.1) is 0 Å². The molecule has 17 heavy (non-hydrogen) atoms. The smallest absolute Gasteiger partial charge is 0.125 e. The highest BCUT2D eigenvalue weighted by Crippen LogP contribution is 2.32. The summed E-state index contributed by atoms with van der Waals surface area (Å²) in [6.45, 7) is 4.28. The Morgan fingerprint density at radius 3 is 2.24 bits per heavy atom. The normalized spacial score (nSPS) is 10.7. The molecule has 0 saturated heterocycles. The molecule has 0 bridgehead atoms. The van der Waals surface area contributed by atoms with Crippen molar-refractivity contribution in [1.82, 2.24) is 0 Å². The number of phenolic OH excluding ortho intramolecular Hbond substituents is 2. The van der Waals surface area contributed by atoms with E-state index in [-0.39, 0.29) is 5.75 Å². The molecular weight excluding hydrogens is 212 g/mol. The fourth-order valence-electron chi connectivity index (χ4n) is 2.04. The molecule has 1 aromatic carbocycles. The first-order valence-electron chi connectivity index (χ1n) is 6.73. The summed E-state index contributed by atoms with van der Waals surface area (Å²) in [4.78, 5) is 0. The molecule has 0 amide bonds. The molecular formula is C15H24O2. The Labute approximate surface area is 104 Å². The monoisotopic (exact) mass is 236 g/mol. The van der Waals surface area contributed by atoms with Crippen molar-refractivity contribution in [2.24, 2.45) is 0 Å². The van der Waals surface area contributed by atoms with Crippen molar-refractivity contribution in [3.8, 4) is 11.5 Å². The van der Waals surface area contributed by atoms with Crippen LogP contribution in [0.3, 0.4) is 0 Å².